The van der Waals surface area contributed by atoms with Crippen molar-refractivity contribution in [3.63, 3.8) is 0 Å². The summed E-state index contributed by atoms with van der Waals surface area (Å²) in [6.07, 6.45) is 0.581. The minimum atomic E-state index is -0.787. The third-order valence-electron chi connectivity index (χ3n) is 3.22. The molecule has 0 aliphatic rings. The summed E-state index contributed by atoms with van der Waals surface area (Å²) in [6.45, 7) is 0.327. The average Bonchev–Trinajstić information content (AvgIpc) is 2.57. The predicted molar refractivity (Wildman–Crippen MR) is 94.8 cm³/mol. The Bertz CT molecular complexity index is 750. The van der Waals surface area contributed by atoms with Crippen LogP contribution in [0, 0.1) is 0 Å². The zero-order valence-corrected chi connectivity index (χ0v) is 14.4. The van der Waals surface area contributed by atoms with Crippen LogP contribution in [0.25, 0.3) is 0 Å². The first kappa shape index (κ1) is 18.1. The molecule has 5 nitrogen and oxygen atoms in total. The summed E-state index contributed by atoms with van der Waals surface area (Å²) in [7, 11) is 1.59. The summed E-state index contributed by atoms with van der Waals surface area (Å²) in [6, 6.07) is 12.1. The summed E-state index contributed by atoms with van der Waals surface area (Å²) in [5.41, 5.74) is 1.32. The number of rotatable bonds is 5. The highest BCUT2D eigenvalue weighted by Gasteiger charge is 2.14. The van der Waals surface area contributed by atoms with Crippen molar-refractivity contribution in [1.82, 2.24) is 5.32 Å². The molecule has 2 rings (SSSR count). The lowest BCUT2D eigenvalue weighted by atomic mass is 10.1. The van der Waals surface area contributed by atoms with Gasteiger partial charge in [0.05, 0.1) is 17.8 Å². The quantitative estimate of drug-likeness (QED) is 0.797. The van der Waals surface area contributed by atoms with Gasteiger partial charge < -0.3 is 15.4 Å². The number of halogens is 2. The van der Waals surface area contributed by atoms with Crippen molar-refractivity contribution >= 4 is 40.7 Å². The molecule has 0 unspecified atom stereocenters. The van der Waals surface area contributed by atoms with Crippen LogP contribution in [0.3, 0.4) is 0 Å². The molecule has 0 radical (unpaired) electrons. The number of carbonyl (C=O) groups is 2. The topological polar surface area (TPSA) is 67.4 Å². The smallest absolute Gasteiger partial charge is 0.313 e. The van der Waals surface area contributed by atoms with Gasteiger partial charge in [0.15, 0.2) is 0 Å². The number of hydrogen-bond donors (Lipinski definition) is 2. The second-order valence-electron chi connectivity index (χ2n) is 4.94. The number of nitrogens with one attached hydrogen (secondary N) is 2. The van der Waals surface area contributed by atoms with E-state index < -0.39 is 11.8 Å². The van der Waals surface area contributed by atoms with Crippen molar-refractivity contribution in [3.8, 4) is 5.75 Å². The van der Waals surface area contributed by atoms with Crippen molar-refractivity contribution in [1.29, 1.82) is 0 Å². The van der Waals surface area contributed by atoms with E-state index in [1.165, 1.54) is 12.1 Å². The van der Waals surface area contributed by atoms with Crippen molar-refractivity contribution in [3.05, 3.63) is 58.1 Å². The van der Waals surface area contributed by atoms with Gasteiger partial charge in [-0.25, -0.2) is 0 Å². The van der Waals surface area contributed by atoms with E-state index in [0.29, 0.717) is 23.7 Å². The zero-order valence-electron chi connectivity index (χ0n) is 12.9. The third-order valence-corrected chi connectivity index (χ3v) is 3.77. The molecule has 2 N–H and O–H groups in total. The SMILES string of the molecule is COc1cccc(CCNC(=O)C(=O)Nc2ccc(Cl)cc2Cl)c1. The molecular weight excluding hydrogens is 351 g/mol. The lowest BCUT2D eigenvalue weighted by Gasteiger charge is -2.08. The number of carbonyl (C=O) groups excluding carboxylic acids is 2. The van der Waals surface area contributed by atoms with E-state index in [9.17, 15) is 9.59 Å². The van der Waals surface area contributed by atoms with Crippen LogP contribution >= 0.6 is 23.2 Å². The van der Waals surface area contributed by atoms with Crippen LogP contribution in [0.4, 0.5) is 5.69 Å². The Morgan fingerprint density at radius 2 is 1.88 bits per heavy atom. The van der Waals surface area contributed by atoms with Gasteiger partial charge in [-0.05, 0) is 42.3 Å². The van der Waals surface area contributed by atoms with Gasteiger partial charge in [-0.3, -0.25) is 9.59 Å². The van der Waals surface area contributed by atoms with Gasteiger partial charge in [0, 0.05) is 11.6 Å². The maximum atomic E-state index is 11.9. The molecule has 7 heteroatoms. The Morgan fingerprint density at radius 1 is 1.08 bits per heavy atom. The second kappa shape index (κ2) is 8.57. The molecule has 2 amide bonds. The normalized spacial score (nSPS) is 10.1. The van der Waals surface area contributed by atoms with Crippen molar-refractivity contribution in [2.24, 2.45) is 0 Å². The van der Waals surface area contributed by atoms with Crippen LogP contribution in [0.5, 0.6) is 5.75 Å². The molecule has 0 aromatic heterocycles. The fourth-order valence-corrected chi connectivity index (χ4v) is 2.45. The molecule has 0 bridgehead atoms. The van der Waals surface area contributed by atoms with Gasteiger partial charge >= 0.3 is 11.8 Å². The predicted octanol–water partition coefficient (Wildman–Crippen LogP) is 3.30. The first-order valence-electron chi connectivity index (χ1n) is 7.17. The monoisotopic (exact) mass is 366 g/mol. The molecule has 24 heavy (non-hydrogen) atoms. The molecular formula is C17H16Cl2N2O3. The number of ether oxygens (including phenoxy) is 1. The van der Waals surface area contributed by atoms with E-state index in [1.807, 2.05) is 24.3 Å². The lowest BCUT2D eigenvalue weighted by Crippen LogP contribution is -2.36. The summed E-state index contributed by atoms with van der Waals surface area (Å²) < 4.78 is 5.13. The van der Waals surface area contributed by atoms with Gasteiger partial charge in [-0.15, -0.1) is 0 Å². The fourth-order valence-electron chi connectivity index (χ4n) is 2.00. The van der Waals surface area contributed by atoms with Crippen LogP contribution in [0.15, 0.2) is 42.5 Å². The Balaban J connectivity index is 1.84. The van der Waals surface area contributed by atoms with Crippen LogP contribution in [0.1, 0.15) is 5.56 Å². The van der Waals surface area contributed by atoms with Gasteiger partial charge in [0.2, 0.25) is 0 Å². The third kappa shape index (κ3) is 5.15. The number of benzene rings is 2. The largest absolute Gasteiger partial charge is 0.497 e. The second-order valence-corrected chi connectivity index (χ2v) is 5.78. The van der Waals surface area contributed by atoms with Crippen molar-refractivity contribution in [2.75, 3.05) is 19.0 Å². The molecule has 126 valence electrons. The Kier molecular flexibility index (Phi) is 6.46. The van der Waals surface area contributed by atoms with Crippen molar-refractivity contribution < 1.29 is 14.3 Å². The van der Waals surface area contributed by atoms with E-state index in [1.54, 1.807) is 13.2 Å². The van der Waals surface area contributed by atoms with E-state index in [4.69, 9.17) is 27.9 Å². The van der Waals surface area contributed by atoms with Crippen LogP contribution in [-0.4, -0.2) is 25.5 Å². The molecule has 2 aromatic rings. The van der Waals surface area contributed by atoms with Crippen LogP contribution in [-0.2, 0) is 16.0 Å². The number of hydrogen-bond acceptors (Lipinski definition) is 3. The Labute approximate surface area is 149 Å². The first-order chi connectivity index (χ1) is 11.5. The molecule has 0 atom stereocenters. The van der Waals surface area contributed by atoms with E-state index >= 15 is 0 Å². The fraction of sp³-hybridized carbons (Fsp3) is 0.176. The minimum Gasteiger partial charge on any atom is -0.497 e. The average molecular weight is 367 g/mol. The van der Waals surface area contributed by atoms with Crippen LogP contribution in [0.2, 0.25) is 10.0 Å². The molecule has 0 saturated carbocycles. The molecule has 0 spiro atoms. The molecule has 0 heterocycles. The van der Waals surface area contributed by atoms with E-state index in [-0.39, 0.29) is 5.02 Å². The van der Waals surface area contributed by atoms with Gasteiger partial charge in [0.25, 0.3) is 0 Å². The Morgan fingerprint density at radius 3 is 2.58 bits per heavy atom. The molecule has 0 saturated heterocycles. The maximum Gasteiger partial charge on any atom is 0.313 e. The summed E-state index contributed by atoms with van der Waals surface area (Å²) in [4.78, 5) is 23.7. The summed E-state index contributed by atoms with van der Waals surface area (Å²) in [5.74, 6) is -0.775. The van der Waals surface area contributed by atoms with Gasteiger partial charge in [-0.1, -0.05) is 35.3 Å². The molecule has 0 aliphatic carbocycles. The van der Waals surface area contributed by atoms with Crippen LogP contribution < -0.4 is 15.4 Å². The van der Waals surface area contributed by atoms with Crippen molar-refractivity contribution in [2.45, 2.75) is 6.42 Å². The number of anilines is 1. The highest BCUT2D eigenvalue weighted by Crippen LogP contribution is 2.25. The maximum absolute atomic E-state index is 11.9. The first-order valence-corrected chi connectivity index (χ1v) is 7.92. The minimum absolute atomic E-state index is 0.264. The number of amides is 2. The summed E-state index contributed by atoms with van der Waals surface area (Å²) in [5, 5.41) is 5.71. The van der Waals surface area contributed by atoms with E-state index in [2.05, 4.69) is 10.6 Å². The zero-order chi connectivity index (χ0) is 17.5. The number of methoxy groups -OCH3 is 1. The molecule has 0 aliphatic heterocycles. The lowest BCUT2D eigenvalue weighted by molar-refractivity contribution is -0.136. The van der Waals surface area contributed by atoms with Gasteiger partial charge in [-0.2, -0.15) is 0 Å². The van der Waals surface area contributed by atoms with E-state index in [0.717, 1.165) is 11.3 Å². The van der Waals surface area contributed by atoms with Gasteiger partial charge in [0.1, 0.15) is 5.75 Å². The highest BCUT2D eigenvalue weighted by atomic mass is 35.5. The Hall–Kier alpha value is -2.24. The summed E-state index contributed by atoms with van der Waals surface area (Å²) >= 11 is 11.7. The highest BCUT2D eigenvalue weighted by molar-refractivity contribution is 6.42. The molecule has 0 fully saturated rings. The standard InChI is InChI=1S/C17H16Cl2N2O3/c1-24-13-4-2-3-11(9-13)7-8-20-16(22)17(23)21-15-6-5-12(18)10-14(15)19/h2-6,9-10H,7-8H2,1H3,(H,20,22)(H,21,23). The molecule has 2 aromatic carbocycles.